The fourth-order valence-corrected chi connectivity index (χ4v) is 3.67. The first kappa shape index (κ1) is 25.8. The molecule has 1 unspecified atom stereocenters. The van der Waals surface area contributed by atoms with E-state index in [-0.39, 0.29) is 18.1 Å². The smallest absolute Gasteiger partial charge is 0.335 e. The molecule has 5 rings (SSSR count). The number of pyridine rings is 1. The summed E-state index contributed by atoms with van der Waals surface area (Å²) in [6.45, 7) is 0.288. The van der Waals surface area contributed by atoms with Gasteiger partial charge in [0.2, 0.25) is 11.9 Å². The number of hydrogen-bond donors (Lipinski definition) is 5. The van der Waals surface area contributed by atoms with Gasteiger partial charge in [0.25, 0.3) is 0 Å². The summed E-state index contributed by atoms with van der Waals surface area (Å²) in [7, 11) is 0. The fourth-order valence-electron chi connectivity index (χ4n) is 3.67. The molecule has 0 aliphatic heterocycles. The van der Waals surface area contributed by atoms with Gasteiger partial charge in [-0.05, 0) is 54.6 Å². The fraction of sp³-hybridized carbons (Fsp3) is 0.0741. The molecule has 11 nitrogen and oxygen atoms in total. The van der Waals surface area contributed by atoms with Crippen molar-refractivity contribution in [2.75, 3.05) is 17.2 Å². The molecule has 3 aromatic heterocycles. The highest BCUT2D eigenvalue weighted by Crippen LogP contribution is 2.24. The summed E-state index contributed by atoms with van der Waals surface area (Å²) >= 11 is 0. The number of hydrogen-bond acceptors (Lipinski definition) is 8. The lowest BCUT2D eigenvalue weighted by atomic mass is 10.1. The van der Waals surface area contributed by atoms with E-state index >= 15 is 0 Å². The van der Waals surface area contributed by atoms with Gasteiger partial charge in [0, 0.05) is 35.5 Å². The minimum absolute atomic E-state index is 0.197. The predicted octanol–water partition coefficient (Wildman–Crippen LogP) is 2.94. The number of carboxylic acid groups (broad SMARTS) is 1. The number of aromatic nitrogens is 4. The lowest BCUT2D eigenvalue weighted by molar-refractivity contribution is -0.119. The molecule has 1 atom stereocenters. The van der Waals surface area contributed by atoms with Crippen molar-refractivity contribution in [3.8, 4) is 11.4 Å². The van der Waals surface area contributed by atoms with Crippen LogP contribution in [0.1, 0.15) is 10.4 Å². The van der Waals surface area contributed by atoms with Gasteiger partial charge in [0.1, 0.15) is 11.9 Å². The number of para-hydroxylation sites is 1. The first-order valence-electron chi connectivity index (χ1n) is 11.6. The second-order valence-electron chi connectivity index (χ2n) is 8.23. The number of primary amides is 1. The summed E-state index contributed by atoms with van der Waals surface area (Å²) < 4.78 is 0. The van der Waals surface area contributed by atoms with E-state index in [0.717, 1.165) is 28.1 Å². The number of carbonyl (C=O) groups excluding carboxylic acids is 1. The number of nitrogens with one attached hydrogen (secondary N) is 1. The maximum Gasteiger partial charge on any atom is 0.335 e. The van der Waals surface area contributed by atoms with Crippen molar-refractivity contribution in [2.45, 2.75) is 6.04 Å². The number of benzene rings is 2. The number of H-pyrrole nitrogens is 1. The summed E-state index contributed by atoms with van der Waals surface area (Å²) in [5.74, 6) is -0.555. The normalized spacial score (nSPS) is 11.3. The molecule has 11 heteroatoms. The zero-order chi connectivity index (χ0) is 27.1. The highest BCUT2D eigenvalue weighted by Gasteiger charge is 2.17. The van der Waals surface area contributed by atoms with Crippen LogP contribution in [0, 0.1) is 0 Å². The van der Waals surface area contributed by atoms with Gasteiger partial charge in [-0.2, -0.15) is 0 Å². The van der Waals surface area contributed by atoms with E-state index in [0.29, 0.717) is 5.69 Å². The highest BCUT2D eigenvalue weighted by atomic mass is 16.4. The number of carboxylic acids is 1. The van der Waals surface area contributed by atoms with Crippen molar-refractivity contribution >= 4 is 40.2 Å². The molecule has 0 bridgehead atoms. The van der Waals surface area contributed by atoms with Crippen LogP contribution in [-0.4, -0.2) is 49.5 Å². The summed E-state index contributed by atoms with van der Waals surface area (Å²) in [5.41, 5.74) is 20.0. The van der Waals surface area contributed by atoms with E-state index in [9.17, 15) is 9.59 Å². The van der Waals surface area contributed by atoms with Gasteiger partial charge in [0.15, 0.2) is 0 Å². The van der Waals surface area contributed by atoms with Crippen LogP contribution in [0.4, 0.5) is 17.5 Å². The molecule has 3 heterocycles. The Morgan fingerprint density at radius 3 is 2.37 bits per heavy atom. The van der Waals surface area contributed by atoms with Crippen molar-refractivity contribution in [1.29, 1.82) is 0 Å². The molecule has 192 valence electrons. The molecule has 0 fully saturated rings. The molecule has 0 saturated carbocycles. The monoisotopic (exact) mass is 510 g/mol. The van der Waals surface area contributed by atoms with Gasteiger partial charge in [-0.15, -0.1) is 0 Å². The first-order chi connectivity index (χ1) is 18.3. The molecule has 0 aliphatic rings. The Labute approximate surface area is 218 Å². The predicted molar refractivity (Wildman–Crippen MR) is 146 cm³/mol. The van der Waals surface area contributed by atoms with E-state index in [4.69, 9.17) is 22.3 Å². The number of nitrogen functional groups attached to an aromatic ring is 1. The van der Waals surface area contributed by atoms with Crippen molar-refractivity contribution in [2.24, 2.45) is 11.5 Å². The summed E-state index contributed by atoms with van der Waals surface area (Å²) in [4.78, 5) is 39.3. The topological polar surface area (TPSA) is 190 Å². The number of nitrogens with two attached hydrogens (primary N) is 3. The Bertz CT molecular complexity index is 1500. The third-order valence-electron chi connectivity index (χ3n) is 5.56. The van der Waals surface area contributed by atoms with Gasteiger partial charge in [0.05, 0.1) is 17.0 Å². The minimum atomic E-state index is -0.948. The van der Waals surface area contributed by atoms with Crippen LogP contribution in [0.25, 0.3) is 22.3 Å². The van der Waals surface area contributed by atoms with E-state index in [1.165, 1.54) is 0 Å². The Morgan fingerprint density at radius 1 is 0.947 bits per heavy atom. The van der Waals surface area contributed by atoms with E-state index in [1.807, 2.05) is 59.5 Å². The van der Waals surface area contributed by atoms with Crippen LogP contribution in [0.15, 0.2) is 91.3 Å². The van der Waals surface area contributed by atoms with E-state index in [2.05, 4.69) is 19.9 Å². The summed E-state index contributed by atoms with van der Waals surface area (Å²) in [5, 5.41) is 9.77. The number of anilines is 3. The van der Waals surface area contributed by atoms with E-state index in [1.54, 1.807) is 36.7 Å². The number of aromatic amines is 1. The number of rotatable bonds is 7. The third-order valence-corrected chi connectivity index (χ3v) is 5.56. The molecule has 0 aliphatic carbocycles. The molecule has 38 heavy (non-hydrogen) atoms. The Balaban J connectivity index is 0.000000177. The molecule has 0 radical (unpaired) electrons. The average Bonchev–Trinajstić information content (AvgIpc) is 3.36. The number of nitrogens with zero attached hydrogens (tertiary/aromatic N) is 4. The number of aromatic carboxylic acids is 1. The van der Waals surface area contributed by atoms with E-state index < -0.39 is 17.9 Å². The first-order valence-corrected chi connectivity index (χ1v) is 11.6. The van der Waals surface area contributed by atoms with Gasteiger partial charge < -0.3 is 32.2 Å². The molecular weight excluding hydrogens is 484 g/mol. The second-order valence-corrected chi connectivity index (χ2v) is 8.23. The zero-order valence-corrected chi connectivity index (χ0v) is 20.2. The second kappa shape index (κ2) is 11.6. The average molecular weight is 511 g/mol. The van der Waals surface area contributed by atoms with Crippen molar-refractivity contribution < 1.29 is 14.7 Å². The SMILES string of the molecule is NC(=O)C(N)CN(c1ccccc1)c1ccccn1.Nc1nccc(-c2cc3cc(C(=O)O)ccc3[nH]2)n1. The Morgan fingerprint density at radius 2 is 1.71 bits per heavy atom. The largest absolute Gasteiger partial charge is 0.478 e. The quantitative estimate of drug-likeness (QED) is 0.219. The molecule has 0 spiro atoms. The van der Waals surface area contributed by atoms with Crippen molar-refractivity contribution in [3.05, 3.63) is 96.8 Å². The zero-order valence-electron chi connectivity index (χ0n) is 20.2. The van der Waals surface area contributed by atoms with Gasteiger partial charge in [-0.3, -0.25) is 4.79 Å². The molecule has 5 aromatic rings. The van der Waals surface area contributed by atoms with Gasteiger partial charge in [-0.25, -0.2) is 19.7 Å². The standard InChI is InChI=1S/C14H16N4O.C13H10N4O2/c15-12(14(16)19)10-18(11-6-2-1-3-7-11)13-8-4-5-9-17-13;14-13-15-4-3-10(17-13)11-6-8-5-7(12(18)19)1-2-9(8)16-11/h1-9,12H,10,15H2,(H2,16,19);1-6,16H,(H,18,19)(H2,14,15,17). The van der Waals surface area contributed by atoms with Crippen molar-refractivity contribution in [1.82, 2.24) is 19.9 Å². The maximum absolute atomic E-state index is 11.1. The summed E-state index contributed by atoms with van der Waals surface area (Å²) in [6, 6.07) is 22.9. The molecule has 0 saturated heterocycles. The molecule has 1 amide bonds. The molecule has 2 aromatic carbocycles. The minimum Gasteiger partial charge on any atom is -0.478 e. The Kier molecular flexibility index (Phi) is 7.89. The van der Waals surface area contributed by atoms with Gasteiger partial charge in [-0.1, -0.05) is 24.3 Å². The van der Waals surface area contributed by atoms with Crippen LogP contribution in [0.2, 0.25) is 0 Å². The highest BCUT2D eigenvalue weighted by molar-refractivity contribution is 5.95. The van der Waals surface area contributed by atoms with Crippen LogP contribution >= 0.6 is 0 Å². The lowest BCUT2D eigenvalue weighted by Gasteiger charge is -2.25. The lowest BCUT2D eigenvalue weighted by Crippen LogP contribution is -2.44. The number of amides is 1. The summed E-state index contributed by atoms with van der Waals surface area (Å²) in [6.07, 6.45) is 3.27. The molecular formula is C27H26N8O3. The maximum atomic E-state index is 11.1. The number of carbonyl (C=O) groups is 2. The van der Waals surface area contributed by atoms with Gasteiger partial charge >= 0.3 is 5.97 Å². The number of fused-ring (bicyclic) bond motifs is 1. The molecule has 8 N–H and O–H groups in total. The third kappa shape index (κ3) is 6.28. The van der Waals surface area contributed by atoms with Crippen LogP contribution < -0.4 is 22.1 Å². The van der Waals surface area contributed by atoms with Crippen LogP contribution in [-0.2, 0) is 4.79 Å². The van der Waals surface area contributed by atoms with Crippen LogP contribution in [0.5, 0.6) is 0 Å². The van der Waals surface area contributed by atoms with Crippen LogP contribution in [0.3, 0.4) is 0 Å². The van der Waals surface area contributed by atoms with Crippen molar-refractivity contribution in [3.63, 3.8) is 0 Å². The Hall–Kier alpha value is -5.29.